The molecule has 6 aromatic carbocycles. The molecule has 14 heteroatoms. The molecule has 0 radical (unpaired) electrons. The summed E-state index contributed by atoms with van der Waals surface area (Å²) in [6.07, 6.45) is 55.5. The van der Waals surface area contributed by atoms with Gasteiger partial charge in [-0.1, -0.05) is 239 Å². The number of ether oxygens (including phenoxy) is 2. The lowest BCUT2D eigenvalue weighted by molar-refractivity contribution is -0.148. The lowest BCUT2D eigenvalue weighted by Crippen LogP contribution is -2.46. The quantitative estimate of drug-likeness (QED) is 0.0206. The van der Waals surface area contributed by atoms with E-state index in [4.69, 9.17) is 18.3 Å². The molecule has 0 N–H and O–H groups in total. The summed E-state index contributed by atoms with van der Waals surface area (Å²) in [6, 6.07) is 50.0. The van der Waals surface area contributed by atoms with Crippen LogP contribution in [-0.4, -0.2) is 83.2 Å². The predicted molar refractivity (Wildman–Crippen MR) is 429 cm³/mol. The maximum absolute atomic E-state index is 12.9. The summed E-state index contributed by atoms with van der Waals surface area (Å²) in [5.41, 5.74) is 11.7. The summed E-state index contributed by atoms with van der Waals surface area (Å²) < 4.78 is 25.3. The number of carbonyl (C=O) groups excluding carboxylic acids is 2. The highest BCUT2D eigenvalue weighted by atomic mass is 16.6. The van der Waals surface area contributed by atoms with E-state index in [2.05, 4.69) is 240 Å². The third-order valence-corrected chi connectivity index (χ3v) is 18.5. The van der Waals surface area contributed by atoms with Crippen molar-refractivity contribution in [1.82, 2.24) is 18.9 Å². The first kappa shape index (κ1) is 78.1. The molecule has 2 aliphatic heterocycles. The molecular weight excluding hydrogens is 1290 g/mol. The SMILES string of the molecule is CC/C=C\C/C=C\C/C=C\C/C=C\C/C=C\CCCCCC(=O)OCn1c(=O)oc2c(N3CCN(Cc4cccc(-c5ccccc5)c4)CC3)cccc21.CC/C=C\C/C=C\C/C=C\C/C=C\CCCCC(=O)OCn1c(=O)oc2c(N3CCN(Cc4cccc(-c5ccccc5)c4)CC3)cccc21. The van der Waals surface area contributed by atoms with Gasteiger partial charge in [0.1, 0.15) is 0 Å². The number of benzene rings is 6. The Labute approximate surface area is 616 Å². The van der Waals surface area contributed by atoms with E-state index in [0.717, 1.165) is 180 Å². The number of para-hydroxylation sites is 2. The van der Waals surface area contributed by atoms with Crippen LogP contribution >= 0.6 is 0 Å². The minimum absolute atomic E-state index is 0.149. The number of fused-ring (bicyclic) bond motifs is 2. The zero-order chi connectivity index (χ0) is 72.4. The van der Waals surface area contributed by atoms with Crippen LogP contribution < -0.4 is 21.3 Å². The molecule has 2 aliphatic rings. The zero-order valence-corrected chi connectivity index (χ0v) is 61.4. The summed E-state index contributed by atoms with van der Waals surface area (Å²) in [7, 11) is 0. The Balaban J connectivity index is 0.000000242. The van der Waals surface area contributed by atoms with Crippen molar-refractivity contribution in [2.45, 2.75) is 156 Å². The summed E-state index contributed by atoms with van der Waals surface area (Å²) in [5, 5.41) is 0. The average Bonchev–Trinajstić information content (AvgIpc) is 1.64. The van der Waals surface area contributed by atoms with Gasteiger partial charge < -0.3 is 28.1 Å². The van der Waals surface area contributed by atoms with Gasteiger partial charge >= 0.3 is 23.5 Å². The van der Waals surface area contributed by atoms with Crippen molar-refractivity contribution in [2.24, 2.45) is 0 Å². The third kappa shape index (κ3) is 26.4. The average molecular weight is 1400 g/mol. The van der Waals surface area contributed by atoms with Crippen LogP contribution in [0.25, 0.3) is 44.5 Å². The first-order valence-electron chi connectivity index (χ1n) is 37.9. The number of nitrogens with zero attached hydrogens (tertiary/aromatic N) is 6. The van der Waals surface area contributed by atoms with Crippen LogP contribution in [0, 0.1) is 0 Å². The summed E-state index contributed by atoms with van der Waals surface area (Å²) in [5.74, 6) is -1.64. The summed E-state index contributed by atoms with van der Waals surface area (Å²) in [4.78, 5) is 60.2. The van der Waals surface area contributed by atoms with Gasteiger partial charge in [0, 0.05) is 78.3 Å². The van der Waals surface area contributed by atoms with Crippen molar-refractivity contribution in [3.8, 4) is 22.3 Å². The largest absolute Gasteiger partial charge is 0.444 e. The lowest BCUT2D eigenvalue weighted by Gasteiger charge is -2.36. The van der Waals surface area contributed by atoms with E-state index in [1.807, 2.05) is 48.5 Å². The number of unbranched alkanes of at least 4 members (excludes halogenated alkanes) is 5. The molecular formula is C90H108N6O8. The highest BCUT2D eigenvalue weighted by molar-refractivity contribution is 5.88. The van der Waals surface area contributed by atoms with Crippen LogP contribution in [0.2, 0.25) is 0 Å². The van der Waals surface area contributed by atoms with Crippen molar-refractivity contribution in [2.75, 3.05) is 62.2 Å². The van der Waals surface area contributed by atoms with Crippen LogP contribution in [-0.2, 0) is 45.6 Å². The maximum Gasteiger partial charge on any atom is 0.422 e. The number of esters is 2. The second kappa shape index (κ2) is 45.2. The number of carbonyl (C=O) groups is 2. The number of anilines is 2. The number of oxazole rings is 2. The zero-order valence-electron chi connectivity index (χ0n) is 61.4. The highest BCUT2D eigenvalue weighted by Gasteiger charge is 2.25. The molecule has 8 aromatic rings. The van der Waals surface area contributed by atoms with Crippen LogP contribution in [0.1, 0.15) is 141 Å². The molecule has 104 heavy (non-hydrogen) atoms. The minimum atomic E-state index is -0.517. The van der Waals surface area contributed by atoms with E-state index in [-0.39, 0.29) is 25.4 Å². The molecule has 0 amide bonds. The van der Waals surface area contributed by atoms with Crippen molar-refractivity contribution in [3.05, 3.63) is 287 Å². The molecule has 2 fully saturated rings. The number of aromatic nitrogens is 2. The van der Waals surface area contributed by atoms with Gasteiger partial charge in [-0.25, -0.2) is 18.7 Å². The molecule has 10 rings (SSSR count). The Morgan fingerprint density at radius 2 is 0.702 bits per heavy atom. The fourth-order valence-corrected chi connectivity index (χ4v) is 12.8. The van der Waals surface area contributed by atoms with Crippen LogP contribution in [0.3, 0.4) is 0 Å². The molecule has 2 saturated heterocycles. The molecule has 14 nitrogen and oxygen atoms in total. The van der Waals surface area contributed by atoms with Crippen LogP contribution in [0.4, 0.5) is 11.4 Å². The van der Waals surface area contributed by atoms with E-state index in [0.29, 0.717) is 35.0 Å². The number of hydrogen-bond acceptors (Lipinski definition) is 12. The van der Waals surface area contributed by atoms with Gasteiger partial charge in [0.15, 0.2) is 24.6 Å². The predicted octanol–water partition coefficient (Wildman–Crippen LogP) is 20.2. The van der Waals surface area contributed by atoms with Crippen LogP contribution in [0.5, 0.6) is 0 Å². The Kier molecular flexibility index (Phi) is 33.9. The summed E-state index contributed by atoms with van der Waals surface area (Å²) >= 11 is 0. The van der Waals surface area contributed by atoms with Gasteiger partial charge in [0.25, 0.3) is 0 Å². The molecule has 4 heterocycles. The highest BCUT2D eigenvalue weighted by Crippen LogP contribution is 2.31. The van der Waals surface area contributed by atoms with E-state index < -0.39 is 11.5 Å². The van der Waals surface area contributed by atoms with Gasteiger partial charge in [-0.05, 0) is 166 Å². The molecule has 0 saturated carbocycles. The number of rotatable bonds is 39. The van der Waals surface area contributed by atoms with Gasteiger partial charge in [0.2, 0.25) is 0 Å². The summed E-state index contributed by atoms with van der Waals surface area (Å²) in [6.45, 7) is 12.7. The first-order chi connectivity index (χ1) is 51.2. The number of hydrogen-bond donors (Lipinski definition) is 0. The van der Waals surface area contributed by atoms with Gasteiger partial charge in [-0.3, -0.25) is 19.4 Å². The number of piperazine rings is 2. The van der Waals surface area contributed by atoms with Gasteiger partial charge in [-0.15, -0.1) is 0 Å². The minimum Gasteiger partial charge on any atom is -0.444 e. The second-order valence-corrected chi connectivity index (χ2v) is 26.3. The molecule has 0 aliphatic carbocycles. The smallest absolute Gasteiger partial charge is 0.422 e. The van der Waals surface area contributed by atoms with Crippen molar-refractivity contribution in [3.63, 3.8) is 0 Å². The lowest BCUT2D eigenvalue weighted by atomic mass is 10.0. The Morgan fingerprint density at radius 3 is 1.09 bits per heavy atom. The van der Waals surface area contributed by atoms with Crippen LogP contribution in [0.15, 0.2) is 273 Å². The van der Waals surface area contributed by atoms with Crippen molar-refractivity contribution >= 4 is 45.5 Å². The molecule has 546 valence electrons. The maximum atomic E-state index is 12.9. The van der Waals surface area contributed by atoms with E-state index in [1.165, 1.54) is 42.5 Å². The second-order valence-electron chi connectivity index (χ2n) is 26.3. The Hall–Kier alpha value is -10.0. The molecule has 2 aromatic heterocycles. The Morgan fingerprint density at radius 1 is 0.365 bits per heavy atom. The first-order valence-corrected chi connectivity index (χ1v) is 37.9. The van der Waals surface area contributed by atoms with E-state index in [9.17, 15) is 19.2 Å². The third-order valence-electron chi connectivity index (χ3n) is 18.5. The standard InChI is InChI=1S/C47H57N3O4.C43H51N3O4/c1-2-3-4-5-6-7-8-9-10-11-12-13-14-15-16-17-18-19-23-32-45(51)53-39-50-44-31-25-30-43(46(44)54-47(50)52)49-35-33-48(34-36-49)38-40-26-24-29-42(37-40)41-27-21-20-22-28-41;1-2-3-4-5-6-7-8-9-10-11-12-13-14-15-19-28-41(47)49-35-46-40-27-21-26-39(42(40)50-43(46)48)45-31-29-44(30-32-45)34-36-22-20-25-38(33-36)37-23-17-16-18-24-37/h3-4,6-7,9-10,12-13,15-16,20-22,24-31,37H,2,5,8,11,14,17-19,23,32-36,38-39H2,1H3;3-4,6-7,9-10,12-13,16-18,20-27,33H,2,5,8,11,14-15,19,28-32,34-35H2,1H3/b4-3-,7-6-,10-9-,13-12-,16-15-;4-3-,7-6-,10-9-,13-12-. The molecule has 0 unspecified atom stereocenters. The number of allylic oxidation sites excluding steroid dienone is 18. The molecule has 0 spiro atoms. The molecule has 0 bridgehead atoms. The van der Waals surface area contributed by atoms with Crippen molar-refractivity contribution in [1.29, 1.82) is 0 Å². The fourth-order valence-electron chi connectivity index (χ4n) is 12.8. The monoisotopic (exact) mass is 1400 g/mol. The van der Waals surface area contributed by atoms with E-state index in [1.54, 1.807) is 0 Å². The normalized spacial score (nSPS) is 14.3. The van der Waals surface area contributed by atoms with Gasteiger partial charge in [-0.2, -0.15) is 0 Å². The van der Waals surface area contributed by atoms with E-state index >= 15 is 0 Å². The topological polar surface area (TPSA) is 136 Å². The fraction of sp³-hybridized carbons (Fsp3) is 0.356. The van der Waals surface area contributed by atoms with Gasteiger partial charge in [0.05, 0.1) is 22.4 Å². The molecule has 0 atom stereocenters. The van der Waals surface area contributed by atoms with Crippen molar-refractivity contribution < 1.29 is 27.9 Å². The Bertz CT molecular complexity index is 4280.